The third-order valence-electron chi connectivity index (χ3n) is 12.7. The SMILES string of the molecule is Cc1ccc2c(-c3ccc4c(c3)-c3ccccc3[Si]43Cc4ccccc4C3)c3ccccc3c(-c3ccc4c(c3)-c3ccccc3C4(C)C)c2c1. The molecular weight excluding hydrogens is 629 g/mol. The maximum Gasteiger partial charge on any atom is 0.128 e. The van der Waals surface area contributed by atoms with E-state index in [0.29, 0.717) is 0 Å². The zero-order valence-corrected chi connectivity index (χ0v) is 30.3. The first-order valence-corrected chi connectivity index (χ1v) is 20.9. The van der Waals surface area contributed by atoms with E-state index in [1.54, 1.807) is 21.5 Å². The van der Waals surface area contributed by atoms with Gasteiger partial charge in [0.05, 0.1) is 0 Å². The minimum atomic E-state index is -1.95. The Labute approximate surface area is 301 Å². The molecule has 8 aromatic rings. The van der Waals surface area contributed by atoms with Crippen LogP contribution in [0.4, 0.5) is 0 Å². The zero-order chi connectivity index (χ0) is 34.1. The molecule has 0 aromatic heterocycles. The third kappa shape index (κ3) is 3.90. The molecule has 3 aliphatic rings. The summed E-state index contributed by atoms with van der Waals surface area (Å²) in [6.07, 6.45) is 0. The molecule has 0 amide bonds. The van der Waals surface area contributed by atoms with Gasteiger partial charge in [-0.1, -0.05) is 159 Å². The predicted molar refractivity (Wildman–Crippen MR) is 219 cm³/mol. The predicted octanol–water partition coefficient (Wildman–Crippen LogP) is 11.4. The van der Waals surface area contributed by atoms with E-state index in [9.17, 15) is 0 Å². The molecule has 0 saturated heterocycles. The van der Waals surface area contributed by atoms with Gasteiger partial charge in [0.1, 0.15) is 8.07 Å². The van der Waals surface area contributed by atoms with Gasteiger partial charge in [0.2, 0.25) is 0 Å². The van der Waals surface area contributed by atoms with Crippen molar-refractivity contribution in [2.24, 2.45) is 0 Å². The zero-order valence-electron chi connectivity index (χ0n) is 29.3. The van der Waals surface area contributed by atoms with Gasteiger partial charge in [-0.3, -0.25) is 0 Å². The van der Waals surface area contributed by atoms with E-state index in [2.05, 4.69) is 172 Å². The smallest absolute Gasteiger partial charge is 0.0623 e. The summed E-state index contributed by atoms with van der Waals surface area (Å²) in [6, 6.07) is 60.9. The summed E-state index contributed by atoms with van der Waals surface area (Å²) >= 11 is 0. The normalized spacial score (nSPS) is 15.5. The maximum atomic E-state index is 2.55. The average molecular weight is 667 g/mol. The van der Waals surface area contributed by atoms with Gasteiger partial charge in [0.25, 0.3) is 0 Å². The fourth-order valence-electron chi connectivity index (χ4n) is 10.4. The van der Waals surface area contributed by atoms with Crippen LogP contribution in [0.15, 0.2) is 152 Å². The Kier molecular flexibility index (Phi) is 5.90. The molecule has 1 heteroatoms. The lowest BCUT2D eigenvalue weighted by atomic mass is 9.81. The number of fused-ring (bicyclic) bond motifs is 11. The van der Waals surface area contributed by atoms with Gasteiger partial charge in [-0.2, -0.15) is 0 Å². The van der Waals surface area contributed by atoms with Gasteiger partial charge in [-0.05, 0) is 130 Å². The molecule has 2 aliphatic heterocycles. The Morgan fingerprint density at radius 2 is 0.980 bits per heavy atom. The molecule has 0 bridgehead atoms. The number of benzene rings is 8. The van der Waals surface area contributed by atoms with Crippen molar-refractivity contribution in [3.05, 3.63) is 179 Å². The molecule has 51 heavy (non-hydrogen) atoms. The summed E-state index contributed by atoms with van der Waals surface area (Å²) in [7, 11) is -1.95. The molecule has 8 aromatic carbocycles. The van der Waals surface area contributed by atoms with Crippen molar-refractivity contribution in [2.75, 3.05) is 0 Å². The summed E-state index contributed by atoms with van der Waals surface area (Å²) in [4.78, 5) is 0. The van der Waals surface area contributed by atoms with Gasteiger partial charge in [0.15, 0.2) is 0 Å². The fourth-order valence-corrected chi connectivity index (χ4v) is 15.8. The van der Waals surface area contributed by atoms with E-state index in [-0.39, 0.29) is 5.41 Å². The first kappa shape index (κ1) is 29.2. The van der Waals surface area contributed by atoms with Gasteiger partial charge in [0, 0.05) is 5.41 Å². The van der Waals surface area contributed by atoms with Crippen LogP contribution in [0.25, 0.3) is 66.1 Å². The number of hydrogen-bond donors (Lipinski definition) is 0. The van der Waals surface area contributed by atoms with E-state index < -0.39 is 8.07 Å². The van der Waals surface area contributed by atoms with E-state index >= 15 is 0 Å². The molecule has 1 spiro atoms. The van der Waals surface area contributed by atoms with Crippen molar-refractivity contribution in [2.45, 2.75) is 38.3 Å². The van der Waals surface area contributed by atoms with E-state index in [1.165, 1.54) is 94.8 Å². The highest BCUT2D eigenvalue weighted by molar-refractivity contribution is 7.05. The Bertz CT molecular complexity index is 2770. The quantitative estimate of drug-likeness (QED) is 0.127. The monoisotopic (exact) mass is 666 g/mol. The molecule has 0 saturated carbocycles. The van der Waals surface area contributed by atoms with Crippen LogP contribution in [-0.2, 0) is 17.5 Å². The van der Waals surface area contributed by atoms with Gasteiger partial charge in [-0.25, -0.2) is 0 Å². The number of hydrogen-bond acceptors (Lipinski definition) is 0. The summed E-state index contributed by atoms with van der Waals surface area (Å²) in [5.41, 5.74) is 18.1. The Hall–Kier alpha value is -5.50. The van der Waals surface area contributed by atoms with Crippen LogP contribution in [0, 0.1) is 6.92 Å². The van der Waals surface area contributed by atoms with Gasteiger partial charge < -0.3 is 0 Å². The maximum absolute atomic E-state index is 2.55. The molecule has 0 unspecified atom stereocenters. The molecule has 0 atom stereocenters. The molecule has 1 aliphatic carbocycles. The fraction of sp³-hybridized carbons (Fsp3) is 0.120. The number of aryl methyl sites for hydroxylation is 1. The minimum Gasteiger partial charge on any atom is -0.0623 e. The van der Waals surface area contributed by atoms with Crippen molar-refractivity contribution < 1.29 is 0 Å². The van der Waals surface area contributed by atoms with E-state index in [0.717, 1.165) is 0 Å². The molecule has 0 nitrogen and oxygen atoms in total. The lowest BCUT2D eigenvalue weighted by Crippen LogP contribution is -2.57. The summed E-state index contributed by atoms with van der Waals surface area (Å²) in [6.45, 7) is 6.96. The Morgan fingerprint density at radius 1 is 0.431 bits per heavy atom. The third-order valence-corrected chi connectivity index (χ3v) is 17.6. The Morgan fingerprint density at radius 3 is 1.75 bits per heavy atom. The number of rotatable bonds is 2. The lowest BCUT2D eigenvalue weighted by Gasteiger charge is -2.24. The topological polar surface area (TPSA) is 0 Å². The molecule has 0 fully saturated rings. The second-order valence-electron chi connectivity index (χ2n) is 15.8. The van der Waals surface area contributed by atoms with Crippen LogP contribution in [0.3, 0.4) is 0 Å². The first-order chi connectivity index (χ1) is 24.9. The highest BCUT2D eigenvalue weighted by atomic mass is 28.3. The molecule has 0 radical (unpaired) electrons. The van der Waals surface area contributed by atoms with Crippen molar-refractivity contribution >= 4 is 40.0 Å². The minimum absolute atomic E-state index is 0.00997. The highest BCUT2D eigenvalue weighted by Crippen LogP contribution is 2.51. The van der Waals surface area contributed by atoms with Crippen molar-refractivity contribution in [3.63, 3.8) is 0 Å². The van der Waals surface area contributed by atoms with Gasteiger partial charge in [-0.15, -0.1) is 0 Å². The first-order valence-electron chi connectivity index (χ1n) is 18.4. The van der Waals surface area contributed by atoms with Crippen molar-refractivity contribution in [1.82, 2.24) is 0 Å². The summed E-state index contributed by atoms with van der Waals surface area (Å²) < 4.78 is 0. The van der Waals surface area contributed by atoms with Crippen LogP contribution in [0.1, 0.15) is 41.7 Å². The van der Waals surface area contributed by atoms with E-state index in [4.69, 9.17) is 0 Å². The molecular formula is C50H38Si. The van der Waals surface area contributed by atoms with E-state index in [1.807, 2.05) is 0 Å². The van der Waals surface area contributed by atoms with Crippen LogP contribution in [0.5, 0.6) is 0 Å². The molecule has 0 N–H and O–H groups in total. The highest BCUT2D eigenvalue weighted by Gasteiger charge is 2.49. The van der Waals surface area contributed by atoms with Crippen LogP contribution >= 0.6 is 0 Å². The average Bonchev–Trinajstić information content (AvgIpc) is 3.76. The second kappa shape index (κ2) is 10.3. The molecule has 2 heterocycles. The van der Waals surface area contributed by atoms with Gasteiger partial charge >= 0.3 is 0 Å². The molecule has 242 valence electrons. The Balaban J connectivity index is 1.16. The van der Waals surface area contributed by atoms with Crippen LogP contribution < -0.4 is 10.4 Å². The molecule has 11 rings (SSSR count). The van der Waals surface area contributed by atoms with Crippen LogP contribution in [0.2, 0.25) is 0 Å². The van der Waals surface area contributed by atoms with Crippen LogP contribution in [-0.4, -0.2) is 8.07 Å². The standard InChI is InChI=1S/C50H38Si/c1-31-20-23-40-43(26-31)49(32-21-24-45-41(27-32)36-14-8-10-18-44(36)50(45,2)3)39-17-7-6-16-38(39)48(40)33-22-25-47-42(28-33)37-15-9-11-19-46(37)51(47)29-34-12-4-5-13-35(34)30-51/h4-28H,29-30H2,1-3H3. The van der Waals surface area contributed by atoms with Crippen molar-refractivity contribution in [3.8, 4) is 44.5 Å². The summed E-state index contributed by atoms with van der Waals surface area (Å²) in [5, 5.41) is 8.52. The second-order valence-corrected chi connectivity index (χ2v) is 19.7. The summed E-state index contributed by atoms with van der Waals surface area (Å²) in [5.74, 6) is 0. The largest absolute Gasteiger partial charge is 0.128 e. The van der Waals surface area contributed by atoms with Crippen molar-refractivity contribution in [1.29, 1.82) is 0 Å². The lowest BCUT2D eigenvalue weighted by molar-refractivity contribution is 0.660.